The van der Waals surface area contributed by atoms with Gasteiger partial charge in [0.1, 0.15) is 0 Å². The van der Waals surface area contributed by atoms with Gasteiger partial charge < -0.3 is 10.6 Å². The van der Waals surface area contributed by atoms with Crippen molar-refractivity contribution in [2.75, 3.05) is 25.4 Å². The van der Waals surface area contributed by atoms with Crippen LogP contribution in [0.4, 0.5) is 5.69 Å². The number of piperidine rings is 1. The van der Waals surface area contributed by atoms with Gasteiger partial charge in [0.2, 0.25) is 0 Å². The predicted octanol–water partition coefficient (Wildman–Crippen LogP) is 4.27. The van der Waals surface area contributed by atoms with E-state index in [9.17, 15) is 0 Å². The molecule has 1 aliphatic heterocycles. The van der Waals surface area contributed by atoms with E-state index in [4.69, 9.17) is 5.73 Å². The second-order valence-electron chi connectivity index (χ2n) is 7.25. The van der Waals surface area contributed by atoms with E-state index in [-0.39, 0.29) is 0 Å². The Morgan fingerprint density at radius 3 is 2.57 bits per heavy atom. The molecule has 1 aromatic carbocycles. The van der Waals surface area contributed by atoms with E-state index < -0.39 is 0 Å². The van der Waals surface area contributed by atoms with Gasteiger partial charge in [-0.05, 0) is 67.8 Å². The van der Waals surface area contributed by atoms with Crippen LogP contribution in [-0.4, -0.2) is 24.5 Å². The highest BCUT2D eigenvalue weighted by molar-refractivity contribution is 5.40. The van der Waals surface area contributed by atoms with Crippen molar-refractivity contribution in [3.63, 3.8) is 0 Å². The minimum atomic E-state index is 0.634. The number of benzene rings is 1. The molecule has 2 heteroatoms. The molecule has 0 aromatic heterocycles. The molecule has 3 rings (SSSR count). The SMILES string of the molecule is CC(CCN1CCC2CCCCC2C1)c1ccc(N)cc1. The molecule has 21 heavy (non-hydrogen) atoms. The lowest BCUT2D eigenvalue weighted by molar-refractivity contribution is 0.0850. The highest BCUT2D eigenvalue weighted by Crippen LogP contribution is 2.36. The van der Waals surface area contributed by atoms with Gasteiger partial charge in [-0.3, -0.25) is 0 Å². The number of nitrogens with two attached hydrogens (primary N) is 1. The number of hydrogen-bond acceptors (Lipinski definition) is 2. The van der Waals surface area contributed by atoms with Crippen molar-refractivity contribution in [3.05, 3.63) is 29.8 Å². The summed E-state index contributed by atoms with van der Waals surface area (Å²) in [5, 5.41) is 0. The van der Waals surface area contributed by atoms with E-state index in [0.717, 1.165) is 17.5 Å². The average molecular weight is 286 g/mol. The zero-order valence-corrected chi connectivity index (χ0v) is 13.4. The Balaban J connectivity index is 1.47. The number of anilines is 1. The molecule has 3 atom stereocenters. The summed E-state index contributed by atoms with van der Waals surface area (Å²) in [5.74, 6) is 2.68. The minimum absolute atomic E-state index is 0.634. The van der Waals surface area contributed by atoms with Gasteiger partial charge in [-0.2, -0.15) is 0 Å². The normalized spacial score (nSPS) is 28.0. The van der Waals surface area contributed by atoms with E-state index >= 15 is 0 Å². The van der Waals surface area contributed by atoms with Crippen molar-refractivity contribution in [1.82, 2.24) is 4.90 Å². The monoisotopic (exact) mass is 286 g/mol. The first-order chi connectivity index (χ1) is 10.2. The van der Waals surface area contributed by atoms with E-state index in [1.807, 2.05) is 12.1 Å². The Labute approximate surface area is 129 Å². The molecular weight excluding hydrogens is 256 g/mol. The van der Waals surface area contributed by atoms with Crippen LogP contribution in [-0.2, 0) is 0 Å². The summed E-state index contributed by atoms with van der Waals surface area (Å²) >= 11 is 0. The average Bonchev–Trinajstić information content (AvgIpc) is 2.53. The number of fused-ring (bicyclic) bond motifs is 1. The fourth-order valence-electron chi connectivity index (χ4n) is 4.25. The molecule has 0 amide bonds. The summed E-state index contributed by atoms with van der Waals surface area (Å²) in [5.41, 5.74) is 8.07. The first-order valence-electron chi connectivity index (χ1n) is 8.80. The highest BCUT2D eigenvalue weighted by Gasteiger charge is 2.30. The Morgan fingerprint density at radius 1 is 1.10 bits per heavy atom. The first kappa shape index (κ1) is 14.9. The number of likely N-dealkylation sites (tertiary alicyclic amines) is 1. The van der Waals surface area contributed by atoms with Gasteiger partial charge in [-0.1, -0.05) is 38.3 Å². The number of nitrogen functional groups attached to an aromatic ring is 1. The molecule has 1 saturated carbocycles. The van der Waals surface area contributed by atoms with Crippen LogP contribution >= 0.6 is 0 Å². The largest absolute Gasteiger partial charge is 0.399 e. The van der Waals surface area contributed by atoms with Crippen molar-refractivity contribution >= 4 is 5.69 Å². The van der Waals surface area contributed by atoms with Crippen molar-refractivity contribution in [2.24, 2.45) is 11.8 Å². The van der Waals surface area contributed by atoms with Crippen LogP contribution in [0.15, 0.2) is 24.3 Å². The molecule has 1 aromatic rings. The van der Waals surface area contributed by atoms with Gasteiger partial charge in [0.15, 0.2) is 0 Å². The Kier molecular flexibility index (Phi) is 4.84. The minimum Gasteiger partial charge on any atom is -0.399 e. The number of hydrogen-bond donors (Lipinski definition) is 1. The maximum absolute atomic E-state index is 5.77. The van der Waals surface area contributed by atoms with Crippen LogP contribution in [0.5, 0.6) is 0 Å². The van der Waals surface area contributed by atoms with Gasteiger partial charge in [0.25, 0.3) is 0 Å². The van der Waals surface area contributed by atoms with Gasteiger partial charge in [0, 0.05) is 12.2 Å². The third-order valence-corrected chi connectivity index (χ3v) is 5.76. The summed E-state index contributed by atoms with van der Waals surface area (Å²) in [6.07, 6.45) is 8.64. The molecule has 1 saturated heterocycles. The standard InChI is InChI=1S/C19H30N2/c1-15(16-6-8-19(20)9-7-16)10-12-21-13-11-17-4-2-3-5-18(17)14-21/h6-9,15,17-18H,2-5,10-14,20H2,1H3. The van der Waals surface area contributed by atoms with Crippen LogP contribution in [0.3, 0.4) is 0 Å². The lowest BCUT2D eigenvalue weighted by atomic mass is 9.75. The zero-order chi connectivity index (χ0) is 14.7. The van der Waals surface area contributed by atoms with Gasteiger partial charge >= 0.3 is 0 Å². The summed E-state index contributed by atoms with van der Waals surface area (Å²) in [4.78, 5) is 2.72. The Hall–Kier alpha value is -1.02. The fourth-order valence-corrected chi connectivity index (χ4v) is 4.25. The molecule has 1 heterocycles. The molecule has 2 fully saturated rings. The maximum atomic E-state index is 5.77. The molecule has 0 bridgehead atoms. The smallest absolute Gasteiger partial charge is 0.0314 e. The second-order valence-corrected chi connectivity index (χ2v) is 7.25. The number of nitrogens with zero attached hydrogens (tertiary/aromatic N) is 1. The zero-order valence-electron chi connectivity index (χ0n) is 13.4. The van der Waals surface area contributed by atoms with Crippen LogP contribution in [0, 0.1) is 11.8 Å². The predicted molar refractivity (Wildman–Crippen MR) is 90.4 cm³/mol. The third kappa shape index (κ3) is 3.79. The highest BCUT2D eigenvalue weighted by atomic mass is 15.1. The summed E-state index contributed by atoms with van der Waals surface area (Å²) in [6.45, 7) is 6.29. The quantitative estimate of drug-likeness (QED) is 0.837. The number of rotatable bonds is 4. The lowest BCUT2D eigenvalue weighted by Crippen LogP contribution is -2.42. The molecule has 3 unspecified atom stereocenters. The topological polar surface area (TPSA) is 29.3 Å². The molecule has 0 spiro atoms. The van der Waals surface area contributed by atoms with Crippen molar-refractivity contribution < 1.29 is 0 Å². The first-order valence-corrected chi connectivity index (χ1v) is 8.80. The van der Waals surface area contributed by atoms with E-state index in [1.54, 1.807) is 0 Å². The van der Waals surface area contributed by atoms with Crippen LogP contribution < -0.4 is 5.73 Å². The molecule has 116 valence electrons. The third-order valence-electron chi connectivity index (χ3n) is 5.76. The summed E-state index contributed by atoms with van der Waals surface area (Å²) < 4.78 is 0. The van der Waals surface area contributed by atoms with Crippen molar-refractivity contribution in [1.29, 1.82) is 0 Å². The maximum Gasteiger partial charge on any atom is 0.0314 e. The van der Waals surface area contributed by atoms with E-state index in [0.29, 0.717) is 5.92 Å². The van der Waals surface area contributed by atoms with Crippen LogP contribution in [0.1, 0.15) is 56.9 Å². The summed E-state index contributed by atoms with van der Waals surface area (Å²) in [6, 6.07) is 8.43. The molecule has 1 aliphatic carbocycles. The van der Waals surface area contributed by atoms with Gasteiger partial charge in [-0.15, -0.1) is 0 Å². The van der Waals surface area contributed by atoms with Gasteiger partial charge in [0.05, 0.1) is 0 Å². The van der Waals surface area contributed by atoms with E-state index in [2.05, 4.69) is 24.0 Å². The van der Waals surface area contributed by atoms with Crippen LogP contribution in [0.25, 0.3) is 0 Å². The fraction of sp³-hybridized carbons (Fsp3) is 0.684. The molecule has 2 aliphatic rings. The Bertz CT molecular complexity index is 439. The molecule has 0 radical (unpaired) electrons. The van der Waals surface area contributed by atoms with E-state index in [1.165, 1.54) is 63.7 Å². The van der Waals surface area contributed by atoms with Crippen molar-refractivity contribution in [2.45, 2.75) is 51.4 Å². The summed E-state index contributed by atoms with van der Waals surface area (Å²) in [7, 11) is 0. The lowest BCUT2D eigenvalue weighted by Gasteiger charge is -2.41. The molecular formula is C19H30N2. The van der Waals surface area contributed by atoms with Gasteiger partial charge in [-0.25, -0.2) is 0 Å². The molecule has 2 N–H and O–H groups in total. The Morgan fingerprint density at radius 2 is 1.81 bits per heavy atom. The second kappa shape index (κ2) is 6.83. The van der Waals surface area contributed by atoms with Crippen molar-refractivity contribution in [3.8, 4) is 0 Å². The molecule has 2 nitrogen and oxygen atoms in total. The van der Waals surface area contributed by atoms with Crippen LogP contribution in [0.2, 0.25) is 0 Å².